The lowest BCUT2D eigenvalue weighted by atomic mass is 10.3. The van der Waals surface area contributed by atoms with Gasteiger partial charge in [-0.25, -0.2) is 18.6 Å². The highest BCUT2D eigenvalue weighted by Crippen LogP contribution is 2.27. The predicted molar refractivity (Wildman–Crippen MR) is 91.1 cm³/mol. The van der Waals surface area contributed by atoms with E-state index in [1.807, 2.05) is 6.92 Å². The summed E-state index contributed by atoms with van der Waals surface area (Å²) in [6.45, 7) is 1.63. The molecule has 0 unspecified atom stereocenters. The zero-order valence-electron chi connectivity index (χ0n) is 15.0. The van der Waals surface area contributed by atoms with E-state index >= 15 is 0 Å². The quantitative estimate of drug-likeness (QED) is 0.509. The number of fused-ring (bicyclic) bond motifs is 1. The van der Waals surface area contributed by atoms with Crippen molar-refractivity contribution in [2.75, 3.05) is 0 Å². The summed E-state index contributed by atoms with van der Waals surface area (Å²) in [7, 11) is 1.44. The number of aryl methyl sites for hydroxylation is 2. The summed E-state index contributed by atoms with van der Waals surface area (Å²) in [5.74, 6) is -7.79. The van der Waals surface area contributed by atoms with E-state index in [2.05, 4.69) is 9.97 Å². The Morgan fingerprint density at radius 3 is 2.39 bits per heavy atom. The van der Waals surface area contributed by atoms with Crippen LogP contribution in [0.2, 0.25) is 0 Å². The zero-order chi connectivity index (χ0) is 20.6. The molecule has 28 heavy (non-hydrogen) atoms. The van der Waals surface area contributed by atoms with Crippen molar-refractivity contribution in [1.82, 2.24) is 19.1 Å². The summed E-state index contributed by atoms with van der Waals surface area (Å²) < 4.78 is 61.5. The molecule has 2 aromatic heterocycles. The molecule has 7 nitrogen and oxygen atoms in total. The Balaban J connectivity index is 2.04. The van der Waals surface area contributed by atoms with Crippen LogP contribution < -0.4 is 16.0 Å². The average Bonchev–Trinajstić information content (AvgIpc) is 2.97. The Hall–Kier alpha value is -3.11. The van der Waals surface area contributed by atoms with Crippen LogP contribution in [0.1, 0.15) is 25.6 Å². The van der Waals surface area contributed by atoms with Gasteiger partial charge < -0.3 is 9.30 Å². The van der Waals surface area contributed by atoms with Gasteiger partial charge in [-0.2, -0.15) is 8.78 Å². The van der Waals surface area contributed by atoms with Crippen LogP contribution in [0, 0.1) is 23.3 Å². The number of ether oxygens (including phenoxy) is 1. The first-order valence-electron chi connectivity index (χ1n) is 8.40. The third-order valence-corrected chi connectivity index (χ3v) is 4.26. The third-order valence-electron chi connectivity index (χ3n) is 4.26. The highest BCUT2D eigenvalue weighted by atomic mass is 19.2. The van der Waals surface area contributed by atoms with Crippen LogP contribution in [0.25, 0.3) is 11.2 Å². The molecular formula is C17H16F4N4O3. The molecule has 11 heteroatoms. The SMILES string of the molecule is CCCCn1c(=O)[nH]c(=O)c2c1nc(COc1c(F)c(F)cc(F)c1F)n2C. The molecule has 1 aromatic carbocycles. The minimum atomic E-state index is -1.68. The Morgan fingerprint density at radius 2 is 1.79 bits per heavy atom. The Labute approximate surface area is 155 Å². The van der Waals surface area contributed by atoms with Crippen molar-refractivity contribution in [2.45, 2.75) is 32.9 Å². The van der Waals surface area contributed by atoms with Crippen molar-refractivity contribution < 1.29 is 22.3 Å². The standard InChI is InChI=1S/C17H16F4N4O3/c1-3-4-5-25-15-13(16(26)23-17(25)27)24(2)10(22-15)7-28-14-11(20)8(18)6-9(19)12(14)21/h6H,3-5,7H2,1-2H3,(H,23,26,27). The number of nitrogens with zero attached hydrogens (tertiary/aromatic N) is 3. The van der Waals surface area contributed by atoms with Crippen molar-refractivity contribution in [1.29, 1.82) is 0 Å². The van der Waals surface area contributed by atoms with Gasteiger partial charge in [-0.05, 0) is 6.42 Å². The Bertz CT molecular complexity index is 1140. The maximum absolute atomic E-state index is 13.7. The summed E-state index contributed by atoms with van der Waals surface area (Å²) in [5.41, 5.74) is -1.20. The predicted octanol–water partition coefficient (Wildman–Crippen LogP) is 2.36. The van der Waals surface area contributed by atoms with Crippen molar-refractivity contribution in [2.24, 2.45) is 7.05 Å². The molecule has 0 saturated carbocycles. The summed E-state index contributed by atoms with van der Waals surface area (Å²) in [5, 5.41) is 0. The Morgan fingerprint density at radius 1 is 1.14 bits per heavy atom. The topological polar surface area (TPSA) is 81.9 Å². The number of imidazole rings is 1. The van der Waals surface area contributed by atoms with Gasteiger partial charge in [-0.15, -0.1) is 0 Å². The molecule has 150 valence electrons. The van der Waals surface area contributed by atoms with Gasteiger partial charge in [-0.3, -0.25) is 14.3 Å². The molecule has 3 aromatic rings. The normalized spacial score (nSPS) is 11.4. The molecule has 0 aliphatic carbocycles. The zero-order valence-corrected chi connectivity index (χ0v) is 15.0. The van der Waals surface area contributed by atoms with Gasteiger partial charge in [0.1, 0.15) is 12.4 Å². The largest absolute Gasteiger partial charge is 0.479 e. The molecule has 0 radical (unpaired) electrons. The molecule has 2 heterocycles. The number of H-pyrrole nitrogens is 1. The second-order valence-corrected chi connectivity index (χ2v) is 6.11. The molecule has 0 bridgehead atoms. The van der Waals surface area contributed by atoms with E-state index in [1.165, 1.54) is 16.2 Å². The fourth-order valence-corrected chi connectivity index (χ4v) is 2.76. The fraction of sp³-hybridized carbons (Fsp3) is 0.353. The van der Waals surface area contributed by atoms with E-state index in [9.17, 15) is 27.2 Å². The lowest BCUT2D eigenvalue weighted by molar-refractivity contribution is 0.252. The number of unbranched alkanes of at least 4 members (excludes halogenated alkanes) is 1. The fourth-order valence-electron chi connectivity index (χ4n) is 2.76. The van der Waals surface area contributed by atoms with Crippen LogP contribution in [0.15, 0.2) is 15.7 Å². The van der Waals surface area contributed by atoms with Crippen LogP contribution >= 0.6 is 0 Å². The average molecular weight is 400 g/mol. The van der Waals surface area contributed by atoms with Gasteiger partial charge in [0.15, 0.2) is 28.5 Å². The Kier molecular flexibility index (Phi) is 5.25. The van der Waals surface area contributed by atoms with Gasteiger partial charge in [0.05, 0.1) is 0 Å². The molecule has 3 rings (SSSR count). The summed E-state index contributed by atoms with van der Waals surface area (Å²) in [6.07, 6.45) is 1.45. The van der Waals surface area contributed by atoms with Gasteiger partial charge in [0.25, 0.3) is 5.56 Å². The molecule has 0 amide bonds. The van der Waals surface area contributed by atoms with Crippen LogP contribution in [0.3, 0.4) is 0 Å². The molecular weight excluding hydrogens is 384 g/mol. The van der Waals surface area contributed by atoms with Crippen LogP contribution in [0.5, 0.6) is 5.75 Å². The molecule has 1 N–H and O–H groups in total. The molecule has 0 atom stereocenters. The summed E-state index contributed by atoms with van der Waals surface area (Å²) >= 11 is 0. The first-order chi connectivity index (χ1) is 13.3. The van der Waals surface area contributed by atoms with E-state index in [1.54, 1.807) is 0 Å². The number of rotatable bonds is 6. The monoisotopic (exact) mass is 400 g/mol. The van der Waals surface area contributed by atoms with Crippen LogP contribution in [0.4, 0.5) is 17.6 Å². The van der Waals surface area contributed by atoms with E-state index in [0.29, 0.717) is 13.0 Å². The van der Waals surface area contributed by atoms with Gasteiger partial charge in [0.2, 0.25) is 11.6 Å². The number of halogens is 4. The summed E-state index contributed by atoms with van der Waals surface area (Å²) in [6, 6.07) is 0.0680. The van der Waals surface area contributed by atoms with Crippen molar-refractivity contribution >= 4 is 11.2 Å². The minimum Gasteiger partial charge on any atom is -0.479 e. The highest BCUT2D eigenvalue weighted by molar-refractivity contribution is 5.70. The van der Waals surface area contributed by atoms with E-state index < -0.39 is 46.9 Å². The highest BCUT2D eigenvalue weighted by Gasteiger charge is 2.22. The smallest absolute Gasteiger partial charge is 0.330 e. The van der Waals surface area contributed by atoms with Crippen molar-refractivity contribution in [3.05, 3.63) is 56.0 Å². The third kappa shape index (κ3) is 3.27. The van der Waals surface area contributed by atoms with Crippen molar-refractivity contribution in [3.8, 4) is 5.75 Å². The van der Waals surface area contributed by atoms with Crippen LogP contribution in [-0.2, 0) is 20.2 Å². The van der Waals surface area contributed by atoms with E-state index in [4.69, 9.17) is 4.74 Å². The van der Waals surface area contributed by atoms with Gasteiger partial charge in [0, 0.05) is 19.7 Å². The first kappa shape index (κ1) is 19.6. The molecule has 0 spiro atoms. The second-order valence-electron chi connectivity index (χ2n) is 6.11. The number of nitrogens with one attached hydrogen (secondary N) is 1. The second kappa shape index (κ2) is 7.49. The molecule has 0 aliphatic heterocycles. The number of hydrogen-bond donors (Lipinski definition) is 1. The number of benzene rings is 1. The van der Waals surface area contributed by atoms with Crippen molar-refractivity contribution in [3.63, 3.8) is 0 Å². The maximum Gasteiger partial charge on any atom is 0.330 e. The number of hydrogen-bond acceptors (Lipinski definition) is 4. The molecule has 0 aliphatic rings. The van der Waals surface area contributed by atoms with E-state index in [0.717, 1.165) is 6.42 Å². The molecule has 0 fully saturated rings. The number of aromatic nitrogens is 4. The van der Waals surface area contributed by atoms with Crippen LogP contribution in [-0.4, -0.2) is 19.1 Å². The minimum absolute atomic E-state index is 0.0276. The van der Waals surface area contributed by atoms with Gasteiger partial charge >= 0.3 is 5.69 Å². The van der Waals surface area contributed by atoms with E-state index in [-0.39, 0.29) is 23.1 Å². The summed E-state index contributed by atoms with van der Waals surface area (Å²) in [4.78, 5) is 30.5. The maximum atomic E-state index is 13.7. The lowest BCUT2D eigenvalue weighted by Crippen LogP contribution is -2.31. The first-order valence-corrected chi connectivity index (χ1v) is 8.40. The molecule has 0 saturated heterocycles. The number of aromatic amines is 1. The van der Waals surface area contributed by atoms with Gasteiger partial charge in [-0.1, -0.05) is 13.3 Å². The lowest BCUT2D eigenvalue weighted by Gasteiger charge is -2.09.